The molecule has 2 N–H and O–H groups in total. The first-order chi connectivity index (χ1) is 9.98. The Balaban J connectivity index is 1.67. The monoisotopic (exact) mass is 296 g/mol. The summed E-state index contributed by atoms with van der Waals surface area (Å²) in [6.45, 7) is 4.56. The quantitative estimate of drug-likeness (QED) is 0.819. The molecule has 1 heterocycles. The smallest absolute Gasteiger partial charge is 0.317 e. The maximum atomic E-state index is 12.2. The highest BCUT2D eigenvalue weighted by molar-refractivity contribution is 5.74. The van der Waals surface area contributed by atoms with E-state index in [1.54, 1.807) is 0 Å². The van der Waals surface area contributed by atoms with E-state index in [4.69, 9.17) is 5.11 Å². The molecular weight excluding hydrogens is 268 g/mol. The molecule has 1 aliphatic heterocycles. The average Bonchev–Trinajstić information content (AvgIpc) is 2.90. The predicted molar refractivity (Wildman–Crippen MR) is 81.1 cm³/mol. The molecule has 0 aromatic rings. The van der Waals surface area contributed by atoms with Crippen molar-refractivity contribution in [2.24, 2.45) is 11.3 Å². The summed E-state index contributed by atoms with van der Waals surface area (Å²) in [4.78, 5) is 24.7. The van der Waals surface area contributed by atoms with E-state index in [-0.39, 0.29) is 17.9 Å². The van der Waals surface area contributed by atoms with Crippen molar-refractivity contribution in [2.45, 2.75) is 58.3 Å². The number of carbonyl (C=O) groups is 2. The van der Waals surface area contributed by atoms with Crippen molar-refractivity contribution in [2.75, 3.05) is 19.6 Å². The third-order valence-electron chi connectivity index (χ3n) is 5.15. The molecule has 0 radical (unpaired) electrons. The van der Waals surface area contributed by atoms with Crippen LogP contribution in [-0.4, -0.2) is 41.6 Å². The molecule has 0 atom stereocenters. The summed E-state index contributed by atoms with van der Waals surface area (Å²) in [5.41, 5.74) is 0.287. The highest BCUT2D eigenvalue weighted by Gasteiger charge is 2.30. The van der Waals surface area contributed by atoms with Crippen LogP contribution in [0.4, 0.5) is 4.79 Å². The summed E-state index contributed by atoms with van der Waals surface area (Å²) in [7, 11) is 0. The van der Waals surface area contributed by atoms with Gasteiger partial charge in [-0.15, -0.1) is 0 Å². The zero-order valence-corrected chi connectivity index (χ0v) is 13.1. The van der Waals surface area contributed by atoms with E-state index in [0.29, 0.717) is 5.92 Å². The van der Waals surface area contributed by atoms with Crippen molar-refractivity contribution in [3.63, 3.8) is 0 Å². The Kier molecular flexibility index (Phi) is 5.48. The molecule has 2 amide bonds. The molecule has 0 unspecified atom stereocenters. The summed E-state index contributed by atoms with van der Waals surface area (Å²) in [6, 6.07) is 0.0554. The molecule has 1 aliphatic carbocycles. The van der Waals surface area contributed by atoms with Crippen molar-refractivity contribution in [3.8, 4) is 0 Å². The van der Waals surface area contributed by atoms with Gasteiger partial charge in [-0.05, 0) is 43.4 Å². The molecule has 120 valence electrons. The molecule has 2 aliphatic rings. The Hall–Kier alpha value is -1.26. The zero-order chi connectivity index (χ0) is 15.3. The molecule has 5 nitrogen and oxygen atoms in total. The highest BCUT2D eigenvalue weighted by atomic mass is 16.4. The number of carboxylic acid groups (broad SMARTS) is 1. The van der Waals surface area contributed by atoms with E-state index in [0.717, 1.165) is 38.9 Å². The van der Waals surface area contributed by atoms with Crippen LogP contribution in [0.25, 0.3) is 0 Å². The number of nitrogens with one attached hydrogen (secondary N) is 1. The second-order valence-corrected chi connectivity index (χ2v) is 7.04. The van der Waals surface area contributed by atoms with Crippen LogP contribution in [0.1, 0.15) is 58.3 Å². The van der Waals surface area contributed by atoms with E-state index in [9.17, 15) is 9.59 Å². The number of carboxylic acids is 1. The number of nitrogens with zero attached hydrogens (tertiary/aromatic N) is 1. The fourth-order valence-electron chi connectivity index (χ4n) is 3.56. The topological polar surface area (TPSA) is 69.6 Å². The van der Waals surface area contributed by atoms with Gasteiger partial charge in [0.2, 0.25) is 0 Å². The minimum absolute atomic E-state index is 0.0554. The van der Waals surface area contributed by atoms with E-state index in [1.165, 1.54) is 25.7 Å². The lowest BCUT2D eigenvalue weighted by molar-refractivity contribution is -0.137. The molecule has 1 saturated heterocycles. The molecule has 0 bridgehead atoms. The first-order valence-electron chi connectivity index (χ1n) is 8.23. The second-order valence-electron chi connectivity index (χ2n) is 7.04. The number of rotatable bonds is 5. The van der Waals surface area contributed by atoms with Crippen LogP contribution in [-0.2, 0) is 4.79 Å². The van der Waals surface area contributed by atoms with Crippen molar-refractivity contribution < 1.29 is 14.7 Å². The van der Waals surface area contributed by atoms with Gasteiger partial charge in [-0.2, -0.15) is 0 Å². The van der Waals surface area contributed by atoms with Crippen LogP contribution in [0, 0.1) is 11.3 Å². The lowest BCUT2D eigenvalue weighted by Gasteiger charge is -2.33. The molecule has 0 aromatic carbocycles. The van der Waals surface area contributed by atoms with Crippen molar-refractivity contribution in [1.82, 2.24) is 10.2 Å². The van der Waals surface area contributed by atoms with Gasteiger partial charge < -0.3 is 15.3 Å². The maximum absolute atomic E-state index is 12.2. The zero-order valence-electron chi connectivity index (χ0n) is 13.1. The van der Waals surface area contributed by atoms with E-state index < -0.39 is 5.97 Å². The Morgan fingerprint density at radius 1 is 1.24 bits per heavy atom. The number of likely N-dealkylation sites (tertiary alicyclic amines) is 1. The number of hydrogen-bond acceptors (Lipinski definition) is 2. The van der Waals surface area contributed by atoms with Crippen LogP contribution in [0.3, 0.4) is 0 Å². The Morgan fingerprint density at radius 2 is 1.86 bits per heavy atom. The largest absolute Gasteiger partial charge is 0.481 e. The first kappa shape index (κ1) is 16.1. The van der Waals surface area contributed by atoms with E-state index >= 15 is 0 Å². The minimum atomic E-state index is -0.722. The number of aliphatic carboxylic acids is 1. The van der Waals surface area contributed by atoms with Gasteiger partial charge in [-0.25, -0.2) is 4.79 Å². The van der Waals surface area contributed by atoms with Gasteiger partial charge in [0.25, 0.3) is 0 Å². The third kappa shape index (κ3) is 4.90. The van der Waals surface area contributed by atoms with Gasteiger partial charge in [-0.3, -0.25) is 4.79 Å². The molecule has 21 heavy (non-hydrogen) atoms. The summed E-state index contributed by atoms with van der Waals surface area (Å²) in [5, 5.41) is 11.8. The van der Waals surface area contributed by atoms with E-state index in [1.807, 2.05) is 4.90 Å². The van der Waals surface area contributed by atoms with Gasteiger partial charge >= 0.3 is 12.0 Å². The predicted octanol–water partition coefficient (Wildman–Crippen LogP) is 2.85. The fourth-order valence-corrected chi connectivity index (χ4v) is 3.56. The highest BCUT2D eigenvalue weighted by Crippen LogP contribution is 2.36. The lowest BCUT2D eigenvalue weighted by atomic mass is 9.89. The summed E-state index contributed by atoms with van der Waals surface area (Å²) < 4.78 is 0. The minimum Gasteiger partial charge on any atom is -0.481 e. The van der Waals surface area contributed by atoms with Gasteiger partial charge in [-0.1, -0.05) is 19.8 Å². The van der Waals surface area contributed by atoms with Crippen LogP contribution in [0.5, 0.6) is 0 Å². The normalized spacial score (nSPS) is 22.2. The van der Waals surface area contributed by atoms with Gasteiger partial charge in [0.1, 0.15) is 0 Å². The van der Waals surface area contributed by atoms with Gasteiger partial charge in [0.15, 0.2) is 0 Å². The fraction of sp³-hybridized carbons (Fsp3) is 0.875. The van der Waals surface area contributed by atoms with Crippen LogP contribution in [0.15, 0.2) is 0 Å². The van der Waals surface area contributed by atoms with Crippen molar-refractivity contribution in [1.29, 1.82) is 0 Å². The van der Waals surface area contributed by atoms with E-state index in [2.05, 4.69) is 12.2 Å². The number of hydrogen-bond donors (Lipinski definition) is 2. The summed E-state index contributed by atoms with van der Waals surface area (Å²) >= 11 is 0. The number of amides is 2. The number of piperidine rings is 1. The Bertz CT molecular complexity index is 370. The molecule has 5 heteroatoms. The molecule has 2 rings (SSSR count). The van der Waals surface area contributed by atoms with Gasteiger partial charge in [0, 0.05) is 26.1 Å². The SMILES string of the molecule is CC1(CNC(=O)N2CCC(CCC(=O)O)CC2)CCCC1. The summed E-state index contributed by atoms with van der Waals surface area (Å²) in [5.74, 6) is -0.266. The van der Waals surface area contributed by atoms with Crippen LogP contribution >= 0.6 is 0 Å². The van der Waals surface area contributed by atoms with Crippen LogP contribution in [0.2, 0.25) is 0 Å². The maximum Gasteiger partial charge on any atom is 0.317 e. The molecular formula is C16H28N2O3. The molecule has 1 saturated carbocycles. The first-order valence-corrected chi connectivity index (χ1v) is 8.23. The molecule has 2 fully saturated rings. The Labute approximate surface area is 127 Å². The summed E-state index contributed by atoms with van der Waals surface area (Å²) in [6.07, 6.45) is 7.83. The molecule has 0 aromatic heterocycles. The van der Waals surface area contributed by atoms with Gasteiger partial charge in [0.05, 0.1) is 0 Å². The lowest BCUT2D eigenvalue weighted by Crippen LogP contribution is -2.46. The Morgan fingerprint density at radius 3 is 2.43 bits per heavy atom. The average molecular weight is 296 g/mol. The number of urea groups is 1. The number of carbonyl (C=O) groups excluding carboxylic acids is 1. The van der Waals surface area contributed by atoms with Crippen LogP contribution < -0.4 is 5.32 Å². The third-order valence-corrected chi connectivity index (χ3v) is 5.15. The van der Waals surface area contributed by atoms with Crippen molar-refractivity contribution in [3.05, 3.63) is 0 Å². The van der Waals surface area contributed by atoms with Crippen molar-refractivity contribution >= 4 is 12.0 Å². The standard InChI is InChI=1S/C16H28N2O3/c1-16(8-2-3-9-16)12-17-15(21)18-10-6-13(7-11-18)4-5-14(19)20/h13H,2-12H2,1H3,(H,17,21)(H,19,20). The second kappa shape index (κ2) is 7.14. The molecule has 0 spiro atoms.